The van der Waals surface area contributed by atoms with Gasteiger partial charge in [0, 0.05) is 18.7 Å². The topological polar surface area (TPSA) is 75.7 Å². The molecule has 1 heterocycles. The summed E-state index contributed by atoms with van der Waals surface area (Å²) in [6.45, 7) is 9.04. The SMILES string of the molecule is COc1cc(C)c([C@H](C)NC(=O)c2ccc(Cl)c(S(=O)(=O)N3CCCCCC3)c2)cc1C(C)C. The van der Waals surface area contributed by atoms with E-state index in [1.807, 2.05) is 19.9 Å². The Morgan fingerprint density at radius 1 is 1.03 bits per heavy atom. The lowest BCUT2D eigenvalue weighted by Crippen LogP contribution is -2.32. The molecule has 1 atom stereocenters. The maximum Gasteiger partial charge on any atom is 0.251 e. The zero-order valence-corrected chi connectivity index (χ0v) is 22.2. The predicted octanol–water partition coefficient (Wildman–Crippen LogP) is 5.84. The van der Waals surface area contributed by atoms with Crippen LogP contribution in [0.15, 0.2) is 35.2 Å². The van der Waals surface area contributed by atoms with Crippen molar-refractivity contribution >= 4 is 27.5 Å². The number of methoxy groups -OCH3 is 1. The molecule has 0 spiro atoms. The van der Waals surface area contributed by atoms with Crippen LogP contribution in [0.25, 0.3) is 0 Å². The number of amides is 1. The van der Waals surface area contributed by atoms with E-state index >= 15 is 0 Å². The molecule has 1 aliphatic heterocycles. The van der Waals surface area contributed by atoms with Crippen molar-refractivity contribution in [1.82, 2.24) is 9.62 Å². The first-order valence-corrected chi connectivity index (χ1v) is 13.7. The van der Waals surface area contributed by atoms with Crippen molar-refractivity contribution in [1.29, 1.82) is 0 Å². The van der Waals surface area contributed by atoms with Crippen molar-refractivity contribution in [2.45, 2.75) is 70.2 Å². The molecule has 1 fully saturated rings. The van der Waals surface area contributed by atoms with Crippen LogP contribution in [0.4, 0.5) is 0 Å². The average Bonchev–Trinajstić information content (AvgIpc) is 3.08. The van der Waals surface area contributed by atoms with Gasteiger partial charge in [-0.3, -0.25) is 4.79 Å². The second-order valence-corrected chi connectivity index (χ2v) is 11.6. The number of ether oxygens (including phenoxy) is 1. The van der Waals surface area contributed by atoms with Gasteiger partial charge in [0.25, 0.3) is 5.91 Å². The van der Waals surface area contributed by atoms with Gasteiger partial charge in [-0.05, 0) is 79.6 Å². The van der Waals surface area contributed by atoms with Gasteiger partial charge in [-0.1, -0.05) is 38.3 Å². The molecular weight excluding hydrogens is 472 g/mol. The third-order valence-electron chi connectivity index (χ3n) is 6.43. The van der Waals surface area contributed by atoms with E-state index in [4.69, 9.17) is 16.3 Å². The highest BCUT2D eigenvalue weighted by molar-refractivity contribution is 7.89. The lowest BCUT2D eigenvalue weighted by molar-refractivity contribution is 0.0939. The molecule has 34 heavy (non-hydrogen) atoms. The van der Waals surface area contributed by atoms with Gasteiger partial charge < -0.3 is 10.1 Å². The summed E-state index contributed by atoms with van der Waals surface area (Å²) in [7, 11) is -2.12. The van der Waals surface area contributed by atoms with Crippen LogP contribution in [0.5, 0.6) is 5.75 Å². The largest absolute Gasteiger partial charge is 0.496 e. The van der Waals surface area contributed by atoms with Crippen LogP contribution in [0, 0.1) is 6.92 Å². The van der Waals surface area contributed by atoms with Crippen LogP contribution in [-0.4, -0.2) is 38.8 Å². The van der Waals surface area contributed by atoms with E-state index in [-0.39, 0.29) is 33.3 Å². The zero-order chi connectivity index (χ0) is 25.0. The summed E-state index contributed by atoms with van der Waals surface area (Å²) in [5.74, 6) is 0.744. The Labute approximate surface area is 208 Å². The monoisotopic (exact) mass is 506 g/mol. The molecular formula is C26H35ClN2O4S. The van der Waals surface area contributed by atoms with Crippen molar-refractivity contribution < 1.29 is 17.9 Å². The number of hydrogen-bond donors (Lipinski definition) is 1. The van der Waals surface area contributed by atoms with Crippen LogP contribution >= 0.6 is 11.6 Å². The van der Waals surface area contributed by atoms with Gasteiger partial charge in [0.05, 0.1) is 18.2 Å². The smallest absolute Gasteiger partial charge is 0.251 e. The molecule has 1 amide bonds. The first-order valence-electron chi connectivity index (χ1n) is 11.8. The summed E-state index contributed by atoms with van der Waals surface area (Å²) >= 11 is 6.29. The third-order valence-corrected chi connectivity index (χ3v) is 8.81. The summed E-state index contributed by atoms with van der Waals surface area (Å²) in [6.07, 6.45) is 3.69. The van der Waals surface area contributed by atoms with Crippen molar-refractivity contribution in [3.63, 3.8) is 0 Å². The molecule has 0 bridgehead atoms. The highest BCUT2D eigenvalue weighted by Crippen LogP contribution is 2.32. The van der Waals surface area contributed by atoms with E-state index in [1.165, 1.54) is 16.4 Å². The summed E-state index contributed by atoms with van der Waals surface area (Å²) in [5, 5.41) is 3.14. The van der Waals surface area contributed by atoms with Gasteiger partial charge >= 0.3 is 0 Å². The molecule has 8 heteroatoms. The highest BCUT2D eigenvalue weighted by atomic mass is 35.5. The van der Waals surface area contributed by atoms with Crippen molar-refractivity contribution in [2.24, 2.45) is 0 Å². The Kier molecular flexibility index (Phi) is 8.66. The third kappa shape index (κ3) is 5.75. The van der Waals surface area contributed by atoms with E-state index in [1.54, 1.807) is 13.2 Å². The van der Waals surface area contributed by atoms with E-state index in [2.05, 4.69) is 25.2 Å². The minimum Gasteiger partial charge on any atom is -0.496 e. The molecule has 186 valence electrons. The Morgan fingerprint density at radius 3 is 2.26 bits per heavy atom. The molecule has 0 aliphatic carbocycles. The molecule has 1 saturated heterocycles. The lowest BCUT2D eigenvalue weighted by atomic mass is 9.93. The number of aryl methyl sites for hydroxylation is 1. The number of benzene rings is 2. The number of carbonyl (C=O) groups is 1. The molecule has 1 N–H and O–H groups in total. The van der Waals surface area contributed by atoms with Gasteiger partial charge in [0.15, 0.2) is 0 Å². The predicted molar refractivity (Wildman–Crippen MR) is 136 cm³/mol. The van der Waals surface area contributed by atoms with Crippen LogP contribution in [0.1, 0.15) is 85.5 Å². The molecule has 0 unspecified atom stereocenters. The van der Waals surface area contributed by atoms with Crippen LogP contribution in [0.3, 0.4) is 0 Å². The first-order chi connectivity index (χ1) is 16.1. The number of sulfonamides is 1. The number of rotatable bonds is 7. The van der Waals surface area contributed by atoms with E-state index < -0.39 is 10.0 Å². The van der Waals surface area contributed by atoms with Crippen LogP contribution in [-0.2, 0) is 10.0 Å². The Hall–Kier alpha value is -2.09. The van der Waals surface area contributed by atoms with Crippen molar-refractivity contribution in [3.8, 4) is 5.75 Å². The van der Waals surface area contributed by atoms with Crippen LogP contribution in [0.2, 0.25) is 5.02 Å². The van der Waals surface area contributed by atoms with Gasteiger partial charge in [-0.15, -0.1) is 0 Å². The van der Waals surface area contributed by atoms with Crippen molar-refractivity contribution in [2.75, 3.05) is 20.2 Å². The summed E-state index contributed by atoms with van der Waals surface area (Å²) in [4.78, 5) is 13.1. The fraction of sp³-hybridized carbons (Fsp3) is 0.500. The maximum absolute atomic E-state index is 13.3. The number of carbonyl (C=O) groups excluding carboxylic acids is 1. The lowest BCUT2D eigenvalue weighted by Gasteiger charge is -2.22. The van der Waals surface area contributed by atoms with Gasteiger partial charge in [0.1, 0.15) is 10.6 Å². The second-order valence-electron chi connectivity index (χ2n) is 9.26. The standard InChI is InChI=1S/C26H35ClN2O4S/c1-17(2)21-16-22(18(3)14-24(21)33-5)19(4)28-26(30)20-10-11-23(27)25(15-20)34(31,32)29-12-8-6-7-9-13-29/h10-11,14-17,19H,6-9,12-13H2,1-5H3,(H,28,30)/t19-/m0/s1. The molecule has 0 radical (unpaired) electrons. The minimum atomic E-state index is -3.77. The fourth-order valence-corrected chi connectivity index (χ4v) is 6.45. The quantitative estimate of drug-likeness (QED) is 0.512. The maximum atomic E-state index is 13.3. The second kappa shape index (κ2) is 11.1. The molecule has 0 saturated carbocycles. The van der Waals surface area contributed by atoms with E-state index in [9.17, 15) is 13.2 Å². The molecule has 6 nitrogen and oxygen atoms in total. The highest BCUT2D eigenvalue weighted by Gasteiger charge is 2.28. The molecule has 1 aliphatic rings. The van der Waals surface area contributed by atoms with E-state index in [0.29, 0.717) is 13.1 Å². The average molecular weight is 507 g/mol. The normalized spacial score (nSPS) is 16.2. The molecule has 0 aromatic heterocycles. The first kappa shape index (κ1) is 26.5. The summed E-state index contributed by atoms with van der Waals surface area (Å²) in [6, 6.07) is 8.22. The van der Waals surface area contributed by atoms with Crippen molar-refractivity contribution in [3.05, 3.63) is 57.6 Å². The Morgan fingerprint density at radius 2 is 1.68 bits per heavy atom. The summed E-state index contributed by atoms with van der Waals surface area (Å²) in [5.41, 5.74) is 3.33. The number of nitrogens with zero attached hydrogens (tertiary/aromatic N) is 1. The number of nitrogens with one attached hydrogen (secondary N) is 1. The Balaban J connectivity index is 1.87. The fourth-order valence-electron chi connectivity index (χ4n) is 4.43. The summed E-state index contributed by atoms with van der Waals surface area (Å²) < 4.78 is 33.6. The van der Waals surface area contributed by atoms with Gasteiger partial charge in [0.2, 0.25) is 10.0 Å². The van der Waals surface area contributed by atoms with Gasteiger partial charge in [-0.25, -0.2) is 8.42 Å². The van der Waals surface area contributed by atoms with Crippen LogP contribution < -0.4 is 10.1 Å². The number of halogens is 1. The molecule has 3 rings (SSSR count). The number of hydrogen-bond acceptors (Lipinski definition) is 4. The van der Waals surface area contributed by atoms with E-state index in [0.717, 1.165) is 48.1 Å². The molecule has 2 aromatic carbocycles. The Bertz CT molecular complexity index is 1140. The minimum absolute atomic E-state index is 0.0147. The molecule has 2 aromatic rings. The zero-order valence-electron chi connectivity index (χ0n) is 20.7. The van der Waals surface area contributed by atoms with Gasteiger partial charge in [-0.2, -0.15) is 4.31 Å².